The van der Waals surface area contributed by atoms with Crippen LogP contribution in [0.4, 0.5) is 4.79 Å². The number of alkyl carbamates (subject to hydrolysis) is 1. The van der Waals surface area contributed by atoms with Crippen molar-refractivity contribution in [3.8, 4) is 17.6 Å². The fourth-order valence-corrected chi connectivity index (χ4v) is 1.51. The maximum absolute atomic E-state index is 11.4. The van der Waals surface area contributed by atoms with E-state index in [-0.39, 0.29) is 12.1 Å². The van der Waals surface area contributed by atoms with Gasteiger partial charge >= 0.3 is 12.1 Å². The summed E-state index contributed by atoms with van der Waals surface area (Å²) in [6, 6.07) is 4.58. The van der Waals surface area contributed by atoms with Crippen LogP contribution in [-0.2, 0) is 4.74 Å². The zero-order valence-electron chi connectivity index (χ0n) is 13.0. The number of amides is 1. The third kappa shape index (κ3) is 5.75. The Hall–Kier alpha value is -2.68. The monoisotopic (exact) mass is 305 g/mol. The van der Waals surface area contributed by atoms with Gasteiger partial charge in [-0.1, -0.05) is 11.8 Å². The summed E-state index contributed by atoms with van der Waals surface area (Å²) in [5, 5.41) is 11.6. The number of nitrogens with one attached hydrogen (secondary N) is 1. The Balaban J connectivity index is 2.72. The van der Waals surface area contributed by atoms with E-state index >= 15 is 0 Å². The van der Waals surface area contributed by atoms with E-state index < -0.39 is 17.7 Å². The quantitative estimate of drug-likeness (QED) is 0.837. The number of aromatic carboxylic acids is 1. The lowest BCUT2D eigenvalue weighted by Crippen LogP contribution is -2.32. The Morgan fingerprint density at radius 3 is 2.55 bits per heavy atom. The molecule has 1 amide bonds. The van der Waals surface area contributed by atoms with E-state index in [2.05, 4.69) is 17.2 Å². The molecule has 0 aliphatic heterocycles. The number of carboxylic acids is 1. The van der Waals surface area contributed by atoms with Crippen molar-refractivity contribution in [2.75, 3.05) is 13.7 Å². The SMILES string of the molecule is COc1ccc(C#CCNC(=O)OC(C)(C)C)c(C(=O)O)c1. The Morgan fingerprint density at radius 2 is 2.00 bits per heavy atom. The molecule has 1 aromatic rings. The van der Waals surface area contributed by atoms with Crippen LogP contribution >= 0.6 is 0 Å². The van der Waals surface area contributed by atoms with E-state index in [1.165, 1.54) is 13.2 Å². The van der Waals surface area contributed by atoms with Crippen molar-refractivity contribution < 1.29 is 24.2 Å². The lowest BCUT2D eigenvalue weighted by molar-refractivity contribution is 0.0534. The first-order chi connectivity index (χ1) is 10.2. The fourth-order valence-electron chi connectivity index (χ4n) is 1.51. The van der Waals surface area contributed by atoms with Gasteiger partial charge in [0.25, 0.3) is 0 Å². The summed E-state index contributed by atoms with van der Waals surface area (Å²) in [6.45, 7) is 5.33. The third-order valence-electron chi connectivity index (χ3n) is 2.40. The van der Waals surface area contributed by atoms with Crippen LogP contribution in [0.25, 0.3) is 0 Å². The van der Waals surface area contributed by atoms with E-state index in [9.17, 15) is 9.59 Å². The molecule has 0 aliphatic rings. The predicted octanol–water partition coefficient (Wildman–Crippen LogP) is 2.27. The number of carbonyl (C=O) groups excluding carboxylic acids is 1. The summed E-state index contributed by atoms with van der Waals surface area (Å²) in [6.07, 6.45) is -0.574. The second-order valence-corrected chi connectivity index (χ2v) is 5.37. The van der Waals surface area contributed by atoms with Crippen LogP contribution in [0.3, 0.4) is 0 Å². The van der Waals surface area contributed by atoms with Crippen molar-refractivity contribution in [2.24, 2.45) is 0 Å². The maximum Gasteiger partial charge on any atom is 0.408 e. The van der Waals surface area contributed by atoms with Gasteiger partial charge in [0.1, 0.15) is 11.4 Å². The van der Waals surface area contributed by atoms with Gasteiger partial charge in [0, 0.05) is 5.56 Å². The molecule has 0 aliphatic carbocycles. The molecule has 0 aromatic heterocycles. The molecule has 0 radical (unpaired) electrons. The topological polar surface area (TPSA) is 84.9 Å². The molecule has 6 nitrogen and oxygen atoms in total. The van der Waals surface area contributed by atoms with Crippen LogP contribution in [0, 0.1) is 11.8 Å². The van der Waals surface area contributed by atoms with Crippen LogP contribution in [0.2, 0.25) is 0 Å². The molecule has 0 atom stereocenters. The zero-order valence-corrected chi connectivity index (χ0v) is 13.0. The normalized spacial score (nSPS) is 10.2. The number of carboxylic acid groups (broad SMARTS) is 1. The highest BCUT2D eigenvalue weighted by molar-refractivity contribution is 5.91. The Bertz CT molecular complexity index is 620. The van der Waals surface area contributed by atoms with Gasteiger partial charge in [0.2, 0.25) is 0 Å². The van der Waals surface area contributed by atoms with Crippen molar-refractivity contribution >= 4 is 12.1 Å². The highest BCUT2D eigenvalue weighted by Gasteiger charge is 2.15. The lowest BCUT2D eigenvalue weighted by atomic mass is 10.1. The van der Waals surface area contributed by atoms with Crippen molar-refractivity contribution in [3.05, 3.63) is 29.3 Å². The van der Waals surface area contributed by atoms with Crippen molar-refractivity contribution in [3.63, 3.8) is 0 Å². The summed E-state index contributed by atoms with van der Waals surface area (Å²) in [5.74, 6) is 4.74. The highest BCUT2D eigenvalue weighted by Crippen LogP contribution is 2.17. The fraction of sp³-hybridized carbons (Fsp3) is 0.375. The van der Waals surface area contributed by atoms with Gasteiger partial charge in [-0.2, -0.15) is 0 Å². The smallest absolute Gasteiger partial charge is 0.408 e. The van der Waals surface area contributed by atoms with Gasteiger partial charge in [-0.25, -0.2) is 9.59 Å². The number of carbonyl (C=O) groups is 2. The molecule has 1 rings (SSSR count). The minimum atomic E-state index is -1.09. The Labute approximate surface area is 129 Å². The van der Waals surface area contributed by atoms with Crippen molar-refractivity contribution in [1.29, 1.82) is 0 Å². The molecule has 0 heterocycles. The Kier molecular flexibility index (Phi) is 5.81. The molecule has 0 saturated heterocycles. The number of hydrogen-bond acceptors (Lipinski definition) is 4. The van der Waals surface area contributed by atoms with E-state index in [0.717, 1.165) is 0 Å². The molecular formula is C16H19NO5. The third-order valence-corrected chi connectivity index (χ3v) is 2.40. The summed E-state index contributed by atoms with van der Waals surface area (Å²) in [5.41, 5.74) is -0.187. The minimum Gasteiger partial charge on any atom is -0.497 e. The number of methoxy groups -OCH3 is 1. The lowest BCUT2D eigenvalue weighted by Gasteiger charge is -2.19. The molecule has 6 heteroatoms. The van der Waals surface area contributed by atoms with Gasteiger partial charge in [-0.05, 0) is 39.0 Å². The molecule has 0 bridgehead atoms. The van der Waals surface area contributed by atoms with Crippen LogP contribution in [-0.4, -0.2) is 36.4 Å². The number of hydrogen-bond donors (Lipinski definition) is 2. The average molecular weight is 305 g/mol. The number of rotatable bonds is 3. The predicted molar refractivity (Wildman–Crippen MR) is 81.1 cm³/mol. The van der Waals surface area contributed by atoms with E-state index in [4.69, 9.17) is 14.6 Å². The molecule has 2 N–H and O–H groups in total. The molecule has 118 valence electrons. The molecule has 0 fully saturated rings. The molecule has 0 saturated carbocycles. The first-order valence-electron chi connectivity index (χ1n) is 6.60. The van der Waals surface area contributed by atoms with E-state index in [1.807, 2.05) is 0 Å². The van der Waals surface area contributed by atoms with Gasteiger partial charge in [0.15, 0.2) is 0 Å². The summed E-state index contributed by atoms with van der Waals surface area (Å²) in [4.78, 5) is 22.6. The van der Waals surface area contributed by atoms with Crippen LogP contribution < -0.4 is 10.1 Å². The highest BCUT2D eigenvalue weighted by atomic mass is 16.6. The van der Waals surface area contributed by atoms with Gasteiger partial charge in [-0.3, -0.25) is 0 Å². The van der Waals surface area contributed by atoms with Gasteiger partial charge in [0.05, 0.1) is 19.2 Å². The molecule has 0 unspecified atom stereocenters. The summed E-state index contributed by atoms with van der Waals surface area (Å²) < 4.78 is 10.0. The molecule has 1 aromatic carbocycles. The van der Waals surface area contributed by atoms with Gasteiger partial charge in [-0.15, -0.1) is 0 Å². The van der Waals surface area contributed by atoms with E-state index in [1.54, 1.807) is 32.9 Å². The first-order valence-corrected chi connectivity index (χ1v) is 6.60. The molecule has 0 spiro atoms. The minimum absolute atomic E-state index is 0.0455. The van der Waals surface area contributed by atoms with Crippen molar-refractivity contribution in [2.45, 2.75) is 26.4 Å². The second-order valence-electron chi connectivity index (χ2n) is 5.37. The van der Waals surface area contributed by atoms with Crippen LogP contribution in [0.15, 0.2) is 18.2 Å². The maximum atomic E-state index is 11.4. The average Bonchev–Trinajstić information content (AvgIpc) is 2.41. The number of ether oxygens (including phenoxy) is 2. The Morgan fingerprint density at radius 1 is 1.32 bits per heavy atom. The molecule has 22 heavy (non-hydrogen) atoms. The summed E-state index contributed by atoms with van der Waals surface area (Å²) in [7, 11) is 1.46. The zero-order chi connectivity index (χ0) is 16.8. The standard InChI is InChI=1S/C16H19NO5/c1-16(2,3)22-15(20)17-9-5-6-11-7-8-12(21-4)10-13(11)14(18)19/h7-8,10H,9H2,1-4H3,(H,17,20)(H,18,19). The van der Waals surface area contributed by atoms with E-state index in [0.29, 0.717) is 11.3 Å². The number of benzene rings is 1. The largest absolute Gasteiger partial charge is 0.497 e. The molecular weight excluding hydrogens is 286 g/mol. The van der Waals surface area contributed by atoms with Crippen LogP contribution in [0.1, 0.15) is 36.7 Å². The van der Waals surface area contributed by atoms with Crippen LogP contribution in [0.5, 0.6) is 5.75 Å². The van der Waals surface area contributed by atoms with Gasteiger partial charge < -0.3 is 19.9 Å². The first kappa shape index (κ1) is 17.4. The van der Waals surface area contributed by atoms with Crippen molar-refractivity contribution in [1.82, 2.24) is 5.32 Å². The summed E-state index contributed by atoms with van der Waals surface area (Å²) >= 11 is 0. The second kappa shape index (κ2) is 7.36.